The number of nitro benzene ring substituents is 1. The van der Waals surface area contributed by atoms with Crippen molar-refractivity contribution in [1.82, 2.24) is 9.88 Å². The van der Waals surface area contributed by atoms with Crippen LogP contribution in [0.25, 0.3) is 11.1 Å². The van der Waals surface area contributed by atoms with Crippen molar-refractivity contribution >= 4 is 28.7 Å². The van der Waals surface area contributed by atoms with Gasteiger partial charge in [0.25, 0.3) is 11.7 Å². The number of nitro groups is 1. The van der Waals surface area contributed by atoms with E-state index >= 15 is 0 Å². The SMILES string of the molecule is CCN(CC)C(=O)CNc1nc2cc([N+](=O)[O-])ccc2o1. The van der Waals surface area contributed by atoms with E-state index in [0.29, 0.717) is 24.2 Å². The predicted molar refractivity (Wildman–Crippen MR) is 77.1 cm³/mol. The van der Waals surface area contributed by atoms with Crippen LogP contribution in [0.1, 0.15) is 13.8 Å². The number of carbonyl (C=O) groups excluding carboxylic acids is 1. The number of rotatable bonds is 6. The molecule has 0 atom stereocenters. The summed E-state index contributed by atoms with van der Waals surface area (Å²) in [5.74, 6) is -0.0618. The third-order valence-corrected chi connectivity index (χ3v) is 3.09. The number of hydrogen-bond acceptors (Lipinski definition) is 6. The van der Waals surface area contributed by atoms with E-state index in [0.717, 1.165) is 0 Å². The van der Waals surface area contributed by atoms with E-state index in [1.54, 1.807) is 4.90 Å². The first kappa shape index (κ1) is 14.8. The van der Waals surface area contributed by atoms with E-state index in [-0.39, 0.29) is 24.2 Å². The molecule has 1 amide bonds. The lowest BCUT2D eigenvalue weighted by Crippen LogP contribution is -2.35. The number of benzene rings is 1. The summed E-state index contributed by atoms with van der Waals surface area (Å²) < 4.78 is 5.38. The smallest absolute Gasteiger partial charge is 0.296 e. The number of non-ortho nitro benzene ring substituents is 1. The molecule has 0 bridgehead atoms. The summed E-state index contributed by atoms with van der Waals surface area (Å²) in [6.07, 6.45) is 0. The lowest BCUT2D eigenvalue weighted by molar-refractivity contribution is -0.384. The fourth-order valence-electron chi connectivity index (χ4n) is 1.94. The Labute approximate surface area is 120 Å². The van der Waals surface area contributed by atoms with Gasteiger partial charge in [0.05, 0.1) is 11.5 Å². The van der Waals surface area contributed by atoms with Crippen LogP contribution in [-0.4, -0.2) is 40.3 Å². The van der Waals surface area contributed by atoms with Gasteiger partial charge >= 0.3 is 0 Å². The second kappa shape index (κ2) is 6.21. The van der Waals surface area contributed by atoms with Crippen molar-refractivity contribution in [2.45, 2.75) is 13.8 Å². The van der Waals surface area contributed by atoms with Gasteiger partial charge in [-0.2, -0.15) is 4.98 Å². The van der Waals surface area contributed by atoms with Crippen molar-refractivity contribution < 1.29 is 14.1 Å². The second-order valence-electron chi connectivity index (χ2n) is 4.35. The molecule has 0 aliphatic carbocycles. The lowest BCUT2D eigenvalue weighted by atomic mass is 10.3. The predicted octanol–water partition coefficient (Wildman–Crippen LogP) is 2.02. The van der Waals surface area contributed by atoms with Gasteiger partial charge in [0.1, 0.15) is 5.52 Å². The lowest BCUT2D eigenvalue weighted by Gasteiger charge is -2.18. The van der Waals surface area contributed by atoms with Gasteiger partial charge in [0.15, 0.2) is 5.58 Å². The molecule has 0 aliphatic heterocycles. The van der Waals surface area contributed by atoms with E-state index in [4.69, 9.17) is 4.42 Å². The summed E-state index contributed by atoms with van der Waals surface area (Å²) in [5.41, 5.74) is 0.752. The molecule has 2 rings (SSSR count). The number of amides is 1. The Morgan fingerprint density at radius 1 is 1.43 bits per heavy atom. The van der Waals surface area contributed by atoms with E-state index < -0.39 is 4.92 Å². The number of nitrogens with one attached hydrogen (secondary N) is 1. The van der Waals surface area contributed by atoms with Crippen LogP contribution >= 0.6 is 0 Å². The van der Waals surface area contributed by atoms with Crippen LogP contribution in [0, 0.1) is 10.1 Å². The molecule has 1 aromatic heterocycles. The fraction of sp³-hybridized carbons (Fsp3) is 0.385. The van der Waals surface area contributed by atoms with Crippen molar-refractivity contribution in [3.63, 3.8) is 0 Å². The highest BCUT2D eigenvalue weighted by Gasteiger charge is 2.13. The fourth-order valence-corrected chi connectivity index (χ4v) is 1.94. The van der Waals surface area contributed by atoms with Gasteiger partial charge in [0.2, 0.25) is 5.91 Å². The van der Waals surface area contributed by atoms with Crippen LogP contribution < -0.4 is 5.32 Å². The zero-order valence-electron chi connectivity index (χ0n) is 11.8. The Balaban J connectivity index is 2.09. The van der Waals surface area contributed by atoms with Crippen molar-refractivity contribution in [2.24, 2.45) is 0 Å². The molecule has 0 unspecified atom stereocenters. The van der Waals surface area contributed by atoms with Gasteiger partial charge in [-0.25, -0.2) is 0 Å². The monoisotopic (exact) mass is 292 g/mol. The first-order valence-corrected chi connectivity index (χ1v) is 6.61. The van der Waals surface area contributed by atoms with Gasteiger partial charge in [0, 0.05) is 25.2 Å². The summed E-state index contributed by atoms with van der Waals surface area (Å²) in [5, 5.41) is 13.5. The molecule has 21 heavy (non-hydrogen) atoms. The maximum absolute atomic E-state index is 11.8. The Bertz CT molecular complexity index is 663. The maximum Gasteiger partial charge on any atom is 0.296 e. The van der Waals surface area contributed by atoms with Gasteiger partial charge < -0.3 is 14.6 Å². The molecule has 1 heterocycles. The summed E-state index contributed by atoms with van der Waals surface area (Å²) in [6.45, 7) is 5.14. The van der Waals surface area contributed by atoms with Crippen LogP contribution in [0.2, 0.25) is 0 Å². The molecule has 0 radical (unpaired) electrons. The van der Waals surface area contributed by atoms with Gasteiger partial charge in [-0.15, -0.1) is 0 Å². The number of likely N-dealkylation sites (N-methyl/N-ethyl adjacent to an activating group) is 1. The zero-order chi connectivity index (χ0) is 15.4. The average Bonchev–Trinajstić information content (AvgIpc) is 2.88. The highest BCUT2D eigenvalue weighted by atomic mass is 16.6. The number of nitrogens with zero attached hydrogens (tertiary/aromatic N) is 3. The summed E-state index contributed by atoms with van der Waals surface area (Å²) in [4.78, 5) is 27.8. The third-order valence-electron chi connectivity index (χ3n) is 3.09. The van der Waals surface area contributed by atoms with E-state index in [2.05, 4.69) is 10.3 Å². The van der Waals surface area contributed by atoms with Crippen LogP contribution in [-0.2, 0) is 4.79 Å². The van der Waals surface area contributed by atoms with E-state index in [1.807, 2.05) is 13.8 Å². The first-order valence-electron chi connectivity index (χ1n) is 6.61. The molecule has 8 nitrogen and oxygen atoms in total. The molecule has 112 valence electrons. The first-order chi connectivity index (χ1) is 10.0. The Hall–Kier alpha value is -2.64. The van der Waals surface area contributed by atoms with E-state index in [9.17, 15) is 14.9 Å². The van der Waals surface area contributed by atoms with Crippen LogP contribution in [0.3, 0.4) is 0 Å². The van der Waals surface area contributed by atoms with Crippen LogP contribution in [0.15, 0.2) is 22.6 Å². The molecular formula is C13H16N4O4. The minimum absolute atomic E-state index is 0.0541. The normalized spacial score (nSPS) is 10.6. The molecule has 8 heteroatoms. The number of aromatic nitrogens is 1. The number of oxazole rings is 1. The summed E-state index contributed by atoms with van der Waals surface area (Å²) >= 11 is 0. The van der Waals surface area contributed by atoms with E-state index in [1.165, 1.54) is 18.2 Å². The summed E-state index contributed by atoms with van der Waals surface area (Å²) in [7, 11) is 0. The quantitative estimate of drug-likeness (QED) is 0.645. The number of fused-ring (bicyclic) bond motifs is 1. The molecule has 0 spiro atoms. The van der Waals surface area contributed by atoms with Gasteiger partial charge in [-0.1, -0.05) is 0 Å². The minimum Gasteiger partial charge on any atom is -0.424 e. The minimum atomic E-state index is -0.495. The largest absolute Gasteiger partial charge is 0.424 e. The van der Waals surface area contributed by atoms with Crippen LogP contribution in [0.5, 0.6) is 0 Å². The number of anilines is 1. The molecule has 1 aromatic carbocycles. The highest BCUT2D eigenvalue weighted by Crippen LogP contribution is 2.23. The van der Waals surface area contributed by atoms with Crippen molar-refractivity contribution in [1.29, 1.82) is 0 Å². The van der Waals surface area contributed by atoms with Gasteiger partial charge in [-0.05, 0) is 19.9 Å². The van der Waals surface area contributed by atoms with Gasteiger partial charge in [-0.3, -0.25) is 14.9 Å². The molecule has 0 saturated carbocycles. The molecule has 2 aromatic rings. The summed E-state index contributed by atoms with van der Waals surface area (Å²) in [6, 6.07) is 4.33. The molecule has 1 N–H and O–H groups in total. The van der Waals surface area contributed by atoms with Crippen LogP contribution in [0.4, 0.5) is 11.7 Å². The maximum atomic E-state index is 11.8. The second-order valence-corrected chi connectivity index (χ2v) is 4.35. The Kier molecular flexibility index (Phi) is 4.36. The zero-order valence-corrected chi connectivity index (χ0v) is 11.8. The average molecular weight is 292 g/mol. The third kappa shape index (κ3) is 3.28. The highest BCUT2D eigenvalue weighted by molar-refractivity contribution is 5.81. The number of hydrogen-bond donors (Lipinski definition) is 1. The molecule has 0 aliphatic rings. The Morgan fingerprint density at radius 3 is 2.76 bits per heavy atom. The van der Waals surface area contributed by atoms with Crippen molar-refractivity contribution in [3.05, 3.63) is 28.3 Å². The molecule has 0 saturated heterocycles. The Morgan fingerprint density at radius 2 is 2.14 bits per heavy atom. The van der Waals surface area contributed by atoms with Crippen molar-refractivity contribution in [2.75, 3.05) is 25.0 Å². The topological polar surface area (TPSA) is 102 Å². The molecule has 0 fully saturated rings. The van der Waals surface area contributed by atoms with Crippen molar-refractivity contribution in [3.8, 4) is 0 Å². The standard InChI is InChI=1S/C13H16N4O4/c1-3-16(4-2)12(18)8-14-13-15-10-7-9(17(19)20)5-6-11(10)21-13/h5-7H,3-4,8H2,1-2H3,(H,14,15). The number of carbonyl (C=O) groups is 1. The molecular weight excluding hydrogens is 276 g/mol.